The van der Waals surface area contributed by atoms with Crippen LogP contribution in [0.1, 0.15) is 5.69 Å². The van der Waals surface area contributed by atoms with Crippen LogP contribution in [0, 0.1) is 6.92 Å². The largest absolute Gasteiger partial charge is 0.389 e. The monoisotopic (exact) mass is 165 g/mol. The zero-order chi connectivity index (χ0) is 8.55. The van der Waals surface area contributed by atoms with Crippen molar-refractivity contribution in [2.75, 3.05) is 18.0 Å². The molecule has 1 fully saturated rings. The molecule has 0 spiro atoms. The first-order chi connectivity index (χ1) is 5.75. The van der Waals surface area contributed by atoms with Crippen LogP contribution in [-0.2, 0) is 0 Å². The standard InChI is InChI=1S/C8H11N3O/c1-6-2-3-9-8(10-6)11-4-7(12)5-11/h2-3,7,12H,4-5H2,1H3. The second-order valence-electron chi connectivity index (χ2n) is 3.06. The number of hydrogen-bond donors (Lipinski definition) is 1. The molecule has 1 aliphatic heterocycles. The second-order valence-corrected chi connectivity index (χ2v) is 3.06. The number of aromatic nitrogens is 2. The highest BCUT2D eigenvalue weighted by atomic mass is 16.3. The summed E-state index contributed by atoms with van der Waals surface area (Å²) < 4.78 is 0. The van der Waals surface area contributed by atoms with Crippen LogP contribution in [0.2, 0.25) is 0 Å². The van der Waals surface area contributed by atoms with Gasteiger partial charge in [0.05, 0.1) is 6.10 Å². The maximum atomic E-state index is 9.05. The zero-order valence-electron chi connectivity index (χ0n) is 6.94. The van der Waals surface area contributed by atoms with E-state index in [-0.39, 0.29) is 6.10 Å². The SMILES string of the molecule is Cc1ccnc(N2CC(O)C2)n1. The van der Waals surface area contributed by atoms with E-state index in [1.165, 1.54) is 0 Å². The van der Waals surface area contributed by atoms with E-state index in [2.05, 4.69) is 9.97 Å². The fourth-order valence-corrected chi connectivity index (χ4v) is 1.21. The molecule has 4 nitrogen and oxygen atoms in total. The lowest BCUT2D eigenvalue weighted by atomic mass is 10.2. The Morgan fingerprint density at radius 1 is 1.58 bits per heavy atom. The predicted molar refractivity (Wildman–Crippen MR) is 45.0 cm³/mol. The topological polar surface area (TPSA) is 49.2 Å². The molecular formula is C8H11N3O. The molecule has 12 heavy (non-hydrogen) atoms. The maximum absolute atomic E-state index is 9.05. The Bertz CT molecular complexity index is 283. The summed E-state index contributed by atoms with van der Waals surface area (Å²) in [7, 11) is 0. The smallest absolute Gasteiger partial charge is 0.225 e. The Kier molecular flexibility index (Phi) is 1.69. The van der Waals surface area contributed by atoms with Gasteiger partial charge in [0.25, 0.3) is 0 Å². The summed E-state index contributed by atoms with van der Waals surface area (Å²) in [5.41, 5.74) is 0.960. The molecule has 0 atom stereocenters. The fourth-order valence-electron chi connectivity index (χ4n) is 1.21. The molecule has 0 unspecified atom stereocenters. The van der Waals surface area contributed by atoms with Crippen LogP contribution in [0.4, 0.5) is 5.95 Å². The van der Waals surface area contributed by atoms with Crippen LogP contribution < -0.4 is 4.90 Å². The lowest BCUT2D eigenvalue weighted by molar-refractivity contribution is 0.140. The normalized spacial score (nSPS) is 17.7. The van der Waals surface area contributed by atoms with Crippen LogP contribution in [0.5, 0.6) is 0 Å². The van der Waals surface area contributed by atoms with E-state index in [1.807, 2.05) is 17.9 Å². The highest BCUT2D eigenvalue weighted by Gasteiger charge is 2.26. The third-order valence-corrected chi connectivity index (χ3v) is 1.93. The predicted octanol–water partition coefficient (Wildman–Crippen LogP) is -0.0341. The van der Waals surface area contributed by atoms with Gasteiger partial charge in [0.2, 0.25) is 5.95 Å². The first kappa shape index (κ1) is 7.49. The number of aryl methyl sites for hydroxylation is 1. The summed E-state index contributed by atoms with van der Waals surface area (Å²) in [6, 6.07) is 1.86. The minimum absolute atomic E-state index is 0.200. The highest BCUT2D eigenvalue weighted by molar-refractivity contribution is 5.34. The average Bonchev–Trinajstić information content (AvgIpc) is 1.99. The van der Waals surface area contributed by atoms with Gasteiger partial charge < -0.3 is 10.0 Å². The number of aliphatic hydroxyl groups is 1. The Hall–Kier alpha value is -1.16. The second kappa shape index (κ2) is 2.71. The van der Waals surface area contributed by atoms with Crippen molar-refractivity contribution in [2.24, 2.45) is 0 Å². The third kappa shape index (κ3) is 1.25. The molecule has 2 heterocycles. The molecule has 1 aromatic rings. The minimum atomic E-state index is -0.200. The molecule has 2 rings (SSSR count). The average molecular weight is 165 g/mol. The van der Waals surface area contributed by atoms with Crippen molar-refractivity contribution in [2.45, 2.75) is 13.0 Å². The number of rotatable bonds is 1. The molecule has 0 aromatic carbocycles. The van der Waals surface area contributed by atoms with Gasteiger partial charge in [-0.3, -0.25) is 0 Å². The van der Waals surface area contributed by atoms with E-state index in [0.29, 0.717) is 13.1 Å². The number of hydrogen-bond acceptors (Lipinski definition) is 4. The van der Waals surface area contributed by atoms with Crippen molar-refractivity contribution in [1.82, 2.24) is 9.97 Å². The van der Waals surface area contributed by atoms with Gasteiger partial charge >= 0.3 is 0 Å². The first-order valence-corrected chi connectivity index (χ1v) is 3.98. The van der Waals surface area contributed by atoms with Gasteiger partial charge in [-0.1, -0.05) is 0 Å². The van der Waals surface area contributed by atoms with Crippen LogP contribution in [0.3, 0.4) is 0 Å². The molecule has 1 N–H and O–H groups in total. The number of β-amino-alcohol motifs (C(OH)–C–C–N with tert-alkyl or cyclic N) is 1. The van der Waals surface area contributed by atoms with Gasteiger partial charge in [0.1, 0.15) is 0 Å². The maximum Gasteiger partial charge on any atom is 0.225 e. The van der Waals surface area contributed by atoms with Gasteiger partial charge in [0.15, 0.2) is 0 Å². The van der Waals surface area contributed by atoms with Crippen LogP contribution in [0.15, 0.2) is 12.3 Å². The summed E-state index contributed by atoms with van der Waals surface area (Å²) in [5.74, 6) is 0.723. The molecule has 0 amide bonds. The van der Waals surface area contributed by atoms with E-state index >= 15 is 0 Å². The molecular weight excluding hydrogens is 154 g/mol. The van der Waals surface area contributed by atoms with E-state index < -0.39 is 0 Å². The minimum Gasteiger partial charge on any atom is -0.389 e. The van der Waals surface area contributed by atoms with Crippen LogP contribution in [0.25, 0.3) is 0 Å². The zero-order valence-corrected chi connectivity index (χ0v) is 6.94. The van der Waals surface area contributed by atoms with Crippen LogP contribution in [-0.4, -0.2) is 34.3 Å². The first-order valence-electron chi connectivity index (χ1n) is 3.98. The van der Waals surface area contributed by atoms with E-state index in [4.69, 9.17) is 5.11 Å². The summed E-state index contributed by atoms with van der Waals surface area (Å²) in [4.78, 5) is 10.3. The molecule has 0 aliphatic carbocycles. The molecule has 0 radical (unpaired) electrons. The van der Waals surface area contributed by atoms with Crippen molar-refractivity contribution < 1.29 is 5.11 Å². The Morgan fingerprint density at radius 2 is 2.33 bits per heavy atom. The van der Waals surface area contributed by atoms with Crippen molar-refractivity contribution in [3.63, 3.8) is 0 Å². The summed E-state index contributed by atoms with van der Waals surface area (Å²) in [6.45, 7) is 3.24. The lowest BCUT2D eigenvalue weighted by Crippen LogP contribution is -2.51. The molecule has 64 valence electrons. The number of anilines is 1. The molecule has 0 bridgehead atoms. The van der Waals surface area contributed by atoms with E-state index in [9.17, 15) is 0 Å². The van der Waals surface area contributed by atoms with Gasteiger partial charge in [-0.2, -0.15) is 0 Å². The Balaban J connectivity index is 2.13. The molecule has 1 saturated heterocycles. The summed E-state index contributed by atoms with van der Waals surface area (Å²) in [6.07, 6.45) is 1.54. The van der Waals surface area contributed by atoms with Gasteiger partial charge in [0, 0.05) is 25.0 Å². The lowest BCUT2D eigenvalue weighted by Gasteiger charge is -2.35. The molecule has 1 aliphatic rings. The number of aliphatic hydroxyl groups excluding tert-OH is 1. The quantitative estimate of drug-likeness (QED) is 0.634. The molecule has 1 aromatic heterocycles. The van der Waals surface area contributed by atoms with Gasteiger partial charge in [-0.25, -0.2) is 9.97 Å². The van der Waals surface area contributed by atoms with Crippen molar-refractivity contribution in [3.05, 3.63) is 18.0 Å². The van der Waals surface area contributed by atoms with E-state index in [1.54, 1.807) is 6.20 Å². The van der Waals surface area contributed by atoms with Crippen LogP contribution >= 0.6 is 0 Å². The van der Waals surface area contributed by atoms with E-state index in [0.717, 1.165) is 11.6 Å². The summed E-state index contributed by atoms with van der Waals surface area (Å²) in [5, 5.41) is 9.05. The third-order valence-electron chi connectivity index (χ3n) is 1.93. The van der Waals surface area contributed by atoms with Crippen molar-refractivity contribution in [3.8, 4) is 0 Å². The molecule has 0 saturated carbocycles. The van der Waals surface area contributed by atoms with Crippen molar-refractivity contribution in [1.29, 1.82) is 0 Å². The number of nitrogens with zero attached hydrogens (tertiary/aromatic N) is 3. The highest BCUT2D eigenvalue weighted by Crippen LogP contribution is 2.15. The summed E-state index contributed by atoms with van der Waals surface area (Å²) >= 11 is 0. The molecule has 4 heteroatoms. The fraction of sp³-hybridized carbons (Fsp3) is 0.500. The van der Waals surface area contributed by atoms with Gasteiger partial charge in [-0.15, -0.1) is 0 Å². The van der Waals surface area contributed by atoms with Gasteiger partial charge in [-0.05, 0) is 13.0 Å². The Morgan fingerprint density at radius 3 is 2.92 bits per heavy atom. The Labute approximate surface area is 70.9 Å². The van der Waals surface area contributed by atoms with Crippen molar-refractivity contribution >= 4 is 5.95 Å².